The van der Waals surface area contributed by atoms with Crippen molar-refractivity contribution in [2.75, 3.05) is 0 Å². The second-order valence-electron chi connectivity index (χ2n) is 7.55. The summed E-state index contributed by atoms with van der Waals surface area (Å²) in [6.45, 7) is 13.6. The highest BCUT2D eigenvalue weighted by Crippen LogP contribution is 2.28. The molecule has 4 rings (SSSR count). The van der Waals surface area contributed by atoms with E-state index in [1.54, 1.807) is 12.4 Å². The van der Waals surface area contributed by atoms with E-state index in [4.69, 9.17) is 0 Å². The fourth-order valence-corrected chi connectivity index (χ4v) is 3.94. The Bertz CT molecular complexity index is 1250. The lowest BCUT2D eigenvalue weighted by atomic mass is 9.93. The van der Waals surface area contributed by atoms with Gasteiger partial charge in [-0.25, -0.2) is 18.3 Å². The number of benzene rings is 2. The summed E-state index contributed by atoms with van der Waals surface area (Å²) in [6, 6.07) is 11.2. The van der Waals surface area contributed by atoms with E-state index in [1.807, 2.05) is 21.5 Å². The maximum atomic E-state index is 3.83. The molecule has 4 aromatic rings. The SMILES string of the molecule is C=Cn1cc[n+](CC(=CC)c2cc3c(C[n+]4ccn(C=C)c4)cccc3cc2C)c1. The van der Waals surface area contributed by atoms with Gasteiger partial charge in [0.05, 0.1) is 12.4 Å². The summed E-state index contributed by atoms with van der Waals surface area (Å²) < 4.78 is 8.29. The van der Waals surface area contributed by atoms with Crippen molar-refractivity contribution < 1.29 is 9.13 Å². The molecule has 30 heavy (non-hydrogen) atoms. The number of hydrogen-bond acceptors (Lipinski definition) is 0. The number of rotatable bonds is 7. The Morgan fingerprint density at radius 3 is 2.37 bits per heavy atom. The second-order valence-corrected chi connectivity index (χ2v) is 7.55. The number of imidazole rings is 2. The van der Waals surface area contributed by atoms with Crippen molar-refractivity contribution in [3.05, 3.63) is 104 Å². The third-order valence-corrected chi connectivity index (χ3v) is 5.56. The molecular formula is C26H28N4+2. The fourth-order valence-electron chi connectivity index (χ4n) is 3.94. The Kier molecular flexibility index (Phi) is 5.48. The number of aryl methyl sites for hydroxylation is 1. The zero-order valence-corrected chi connectivity index (χ0v) is 17.7. The predicted octanol–water partition coefficient (Wildman–Crippen LogP) is 4.68. The Hall–Kier alpha value is -3.66. The number of fused-ring (bicyclic) bond motifs is 1. The highest BCUT2D eigenvalue weighted by molar-refractivity contribution is 5.90. The van der Waals surface area contributed by atoms with Crippen molar-refractivity contribution in [1.82, 2.24) is 9.13 Å². The zero-order chi connectivity index (χ0) is 21.1. The molecule has 0 N–H and O–H groups in total. The maximum Gasteiger partial charge on any atom is 0.248 e. The van der Waals surface area contributed by atoms with E-state index in [1.165, 1.54) is 33.0 Å². The van der Waals surface area contributed by atoms with Gasteiger partial charge in [-0.2, -0.15) is 0 Å². The average molecular weight is 397 g/mol. The third-order valence-electron chi connectivity index (χ3n) is 5.56. The molecule has 4 nitrogen and oxygen atoms in total. The van der Waals surface area contributed by atoms with Crippen molar-refractivity contribution in [3.8, 4) is 0 Å². The summed E-state index contributed by atoms with van der Waals surface area (Å²) in [7, 11) is 0. The first-order valence-corrected chi connectivity index (χ1v) is 10.2. The van der Waals surface area contributed by atoms with E-state index in [0.29, 0.717) is 0 Å². The molecule has 0 aliphatic heterocycles. The lowest BCUT2D eigenvalue weighted by Crippen LogP contribution is -2.32. The number of hydrogen-bond donors (Lipinski definition) is 0. The van der Waals surface area contributed by atoms with Crippen LogP contribution in [0.15, 0.2) is 87.0 Å². The van der Waals surface area contributed by atoms with E-state index in [9.17, 15) is 0 Å². The molecule has 0 radical (unpaired) electrons. The van der Waals surface area contributed by atoms with Gasteiger partial charge >= 0.3 is 0 Å². The molecule has 0 fully saturated rings. The minimum atomic E-state index is 0.822. The van der Waals surface area contributed by atoms with Crippen molar-refractivity contribution >= 4 is 28.7 Å². The van der Waals surface area contributed by atoms with Gasteiger partial charge in [0.1, 0.15) is 37.9 Å². The van der Waals surface area contributed by atoms with E-state index >= 15 is 0 Å². The summed E-state index contributed by atoms with van der Waals surface area (Å²) in [5, 5.41) is 2.57. The number of nitrogens with zero attached hydrogens (tertiary/aromatic N) is 4. The quantitative estimate of drug-likeness (QED) is 0.404. The molecule has 2 aromatic heterocycles. The first-order valence-electron chi connectivity index (χ1n) is 10.2. The van der Waals surface area contributed by atoms with Gasteiger partial charge in [-0.1, -0.05) is 43.5 Å². The van der Waals surface area contributed by atoms with Gasteiger partial charge in [-0.05, 0) is 47.4 Å². The third kappa shape index (κ3) is 3.90. The smallest absolute Gasteiger partial charge is 0.232 e. The molecule has 0 saturated heterocycles. The van der Waals surface area contributed by atoms with Gasteiger partial charge in [-0.3, -0.25) is 0 Å². The van der Waals surface area contributed by atoms with E-state index in [0.717, 1.165) is 13.1 Å². The van der Waals surface area contributed by atoms with E-state index < -0.39 is 0 Å². The molecule has 0 atom stereocenters. The Balaban J connectivity index is 1.73. The highest BCUT2D eigenvalue weighted by Gasteiger charge is 2.13. The minimum Gasteiger partial charge on any atom is -0.232 e. The molecule has 2 heterocycles. The molecule has 4 heteroatoms. The molecule has 0 spiro atoms. The van der Waals surface area contributed by atoms with Crippen LogP contribution in [0.4, 0.5) is 0 Å². The molecule has 0 saturated carbocycles. The number of allylic oxidation sites excluding steroid dienone is 2. The van der Waals surface area contributed by atoms with Crippen LogP contribution in [0.1, 0.15) is 23.6 Å². The van der Waals surface area contributed by atoms with Crippen molar-refractivity contribution in [3.63, 3.8) is 0 Å². The van der Waals surface area contributed by atoms with E-state index in [-0.39, 0.29) is 0 Å². The highest BCUT2D eigenvalue weighted by atomic mass is 15.1. The van der Waals surface area contributed by atoms with Crippen molar-refractivity contribution in [1.29, 1.82) is 0 Å². The summed E-state index contributed by atoms with van der Waals surface area (Å²) >= 11 is 0. The molecule has 0 aliphatic rings. The summed E-state index contributed by atoms with van der Waals surface area (Å²) in [6.07, 6.45) is 18.1. The molecular weight excluding hydrogens is 368 g/mol. The van der Waals surface area contributed by atoms with Crippen LogP contribution in [-0.4, -0.2) is 9.13 Å². The van der Waals surface area contributed by atoms with E-state index in [2.05, 4.69) is 97.6 Å². The lowest BCUT2D eigenvalue weighted by molar-refractivity contribution is -0.687. The molecule has 0 amide bonds. The monoisotopic (exact) mass is 396 g/mol. The molecule has 150 valence electrons. The Morgan fingerprint density at radius 2 is 1.70 bits per heavy atom. The van der Waals surface area contributed by atoms with Gasteiger partial charge in [-0.15, -0.1) is 0 Å². The second kappa shape index (κ2) is 8.37. The molecule has 2 aromatic carbocycles. The van der Waals surface area contributed by atoms with Crippen LogP contribution >= 0.6 is 0 Å². The van der Waals surface area contributed by atoms with Crippen LogP contribution in [0.25, 0.3) is 28.7 Å². The molecule has 0 aliphatic carbocycles. The normalized spacial score (nSPS) is 11.7. The maximum absolute atomic E-state index is 3.83. The first-order chi connectivity index (χ1) is 14.6. The van der Waals surface area contributed by atoms with Crippen LogP contribution in [0.2, 0.25) is 0 Å². The molecule has 0 bridgehead atoms. The number of aromatic nitrogens is 4. The van der Waals surface area contributed by atoms with Gasteiger partial charge < -0.3 is 0 Å². The molecule has 0 unspecified atom stereocenters. The standard InChI is InChI=1S/C26H28N4/c1-5-22(17-29-13-11-27(6-2)19-29)25-16-26-23(15-21(25)4)9-8-10-24(26)18-30-14-12-28(7-3)20-30/h5-16,19-20H,2-3,17-18H2,1,4H3/q+2. The summed E-state index contributed by atoms with van der Waals surface area (Å²) in [5.74, 6) is 0. The zero-order valence-electron chi connectivity index (χ0n) is 17.7. The van der Waals surface area contributed by atoms with Crippen LogP contribution < -0.4 is 9.13 Å². The first kappa shape index (κ1) is 19.6. The predicted molar refractivity (Wildman–Crippen MR) is 123 cm³/mol. The topological polar surface area (TPSA) is 17.6 Å². The van der Waals surface area contributed by atoms with Crippen LogP contribution in [0, 0.1) is 6.92 Å². The lowest BCUT2D eigenvalue weighted by Gasteiger charge is -2.13. The van der Waals surface area contributed by atoms with Gasteiger partial charge in [0.15, 0.2) is 0 Å². The average Bonchev–Trinajstić information content (AvgIpc) is 3.41. The van der Waals surface area contributed by atoms with Crippen molar-refractivity contribution in [2.45, 2.75) is 26.9 Å². The Labute approximate surface area is 178 Å². The van der Waals surface area contributed by atoms with Gasteiger partial charge in [0.25, 0.3) is 0 Å². The van der Waals surface area contributed by atoms with Gasteiger partial charge in [0.2, 0.25) is 12.7 Å². The van der Waals surface area contributed by atoms with Crippen LogP contribution in [0.5, 0.6) is 0 Å². The minimum absolute atomic E-state index is 0.822. The van der Waals surface area contributed by atoms with Crippen LogP contribution in [0.3, 0.4) is 0 Å². The van der Waals surface area contributed by atoms with Crippen molar-refractivity contribution in [2.24, 2.45) is 0 Å². The summed E-state index contributed by atoms with van der Waals surface area (Å²) in [5.41, 5.74) is 5.20. The largest absolute Gasteiger partial charge is 0.248 e. The summed E-state index contributed by atoms with van der Waals surface area (Å²) in [4.78, 5) is 0. The van der Waals surface area contributed by atoms with Gasteiger partial charge in [0, 0.05) is 5.56 Å². The Morgan fingerprint density at radius 1 is 1.00 bits per heavy atom. The fraction of sp³-hybridized carbons (Fsp3) is 0.154. The van der Waals surface area contributed by atoms with Crippen LogP contribution in [-0.2, 0) is 13.1 Å².